The minimum Gasteiger partial charge on any atom is -0.235 e. The molecule has 0 radical (unpaired) electrons. The monoisotopic (exact) mass is 255 g/mol. The van der Waals surface area contributed by atoms with Crippen molar-refractivity contribution in [3.63, 3.8) is 0 Å². The van der Waals surface area contributed by atoms with Gasteiger partial charge < -0.3 is 0 Å². The third kappa shape index (κ3) is 2.00. The summed E-state index contributed by atoms with van der Waals surface area (Å²) in [6.45, 7) is 0. The molecule has 0 aliphatic carbocycles. The number of nitrogens with zero attached hydrogens (tertiary/aromatic N) is 3. The lowest BCUT2D eigenvalue weighted by molar-refractivity contribution is 0.914. The summed E-state index contributed by atoms with van der Waals surface area (Å²) in [7, 11) is 0. The van der Waals surface area contributed by atoms with Gasteiger partial charge in [0.2, 0.25) is 0 Å². The third-order valence-corrected chi connectivity index (χ3v) is 3.01. The van der Waals surface area contributed by atoms with Crippen LogP contribution >= 0.6 is 11.6 Å². The van der Waals surface area contributed by atoms with E-state index >= 15 is 0 Å². The quantitative estimate of drug-likeness (QED) is 0.644. The van der Waals surface area contributed by atoms with E-state index in [0.717, 1.165) is 16.6 Å². The van der Waals surface area contributed by atoms with Gasteiger partial charge in [0.25, 0.3) is 0 Å². The number of hydrogen-bond acceptors (Lipinski definition) is 2. The average Bonchev–Trinajstić information content (AvgIpc) is 2.81. The maximum Gasteiger partial charge on any atom is 0.118 e. The molecule has 3 nitrogen and oxygen atoms in total. The van der Waals surface area contributed by atoms with Gasteiger partial charge in [-0.15, -0.1) is 0 Å². The Balaban J connectivity index is 2.00. The van der Waals surface area contributed by atoms with Crippen LogP contribution in [0.15, 0.2) is 60.0 Å². The normalized spacial score (nSPS) is 11.4. The minimum absolute atomic E-state index is 0.686. The summed E-state index contributed by atoms with van der Waals surface area (Å²) in [5.74, 6) is 0. The van der Waals surface area contributed by atoms with Gasteiger partial charge in [-0.2, -0.15) is 5.10 Å². The molecule has 0 unspecified atom stereocenters. The molecule has 0 aliphatic rings. The van der Waals surface area contributed by atoms with Gasteiger partial charge in [-0.1, -0.05) is 41.9 Å². The molecule has 88 valence electrons. The van der Waals surface area contributed by atoms with Gasteiger partial charge in [0, 0.05) is 10.6 Å². The molecule has 0 bridgehead atoms. The maximum absolute atomic E-state index is 6.07. The second-order valence-electron chi connectivity index (χ2n) is 3.84. The van der Waals surface area contributed by atoms with Gasteiger partial charge in [-0.05, 0) is 18.2 Å². The van der Waals surface area contributed by atoms with E-state index in [1.807, 2.05) is 48.5 Å². The predicted octanol–water partition coefficient (Wildman–Crippen LogP) is 3.57. The van der Waals surface area contributed by atoms with Gasteiger partial charge in [-0.25, -0.2) is 9.66 Å². The Morgan fingerprint density at radius 1 is 1.06 bits per heavy atom. The van der Waals surface area contributed by atoms with Crippen molar-refractivity contribution < 1.29 is 0 Å². The van der Waals surface area contributed by atoms with E-state index in [0.29, 0.717) is 5.02 Å². The van der Waals surface area contributed by atoms with Crippen LogP contribution in [0.1, 0.15) is 5.56 Å². The molecule has 4 heteroatoms. The molecule has 0 saturated carbocycles. The summed E-state index contributed by atoms with van der Waals surface area (Å²) < 4.78 is 1.73. The fourth-order valence-electron chi connectivity index (χ4n) is 1.74. The number of rotatable bonds is 2. The van der Waals surface area contributed by atoms with Crippen molar-refractivity contribution in [2.75, 3.05) is 0 Å². The van der Waals surface area contributed by atoms with Crippen LogP contribution < -0.4 is 0 Å². The van der Waals surface area contributed by atoms with E-state index in [4.69, 9.17) is 11.6 Å². The zero-order chi connectivity index (χ0) is 12.4. The largest absolute Gasteiger partial charge is 0.235 e. The van der Waals surface area contributed by atoms with Crippen LogP contribution in [-0.4, -0.2) is 15.9 Å². The molecular formula is C14H10ClN3. The summed E-state index contributed by atoms with van der Waals surface area (Å²) >= 11 is 6.07. The van der Waals surface area contributed by atoms with Crippen LogP contribution in [-0.2, 0) is 0 Å². The van der Waals surface area contributed by atoms with E-state index in [2.05, 4.69) is 10.1 Å². The zero-order valence-electron chi connectivity index (χ0n) is 9.49. The van der Waals surface area contributed by atoms with Crippen LogP contribution in [0.5, 0.6) is 0 Å². The first-order chi connectivity index (χ1) is 8.84. The maximum atomic E-state index is 6.07. The first-order valence-corrected chi connectivity index (χ1v) is 5.93. The number of halogens is 1. The highest BCUT2D eigenvalue weighted by molar-refractivity contribution is 6.33. The molecule has 1 heterocycles. The summed E-state index contributed by atoms with van der Waals surface area (Å²) in [4.78, 5) is 4.27. The second kappa shape index (κ2) is 4.63. The molecule has 0 atom stereocenters. The van der Waals surface area contributed by atoms with Crippen LogP contribution in [0, 0.1) is 0 Å². The highest BCUT2D eigenvalue weighted by atomic mass is 35.5. The van der Waals surface area contributed by atoms with E-state index in [1.54, 1.807) is 17.2 Å². The molecule has 0 amide bonds. The highest BCUT2D eigenvalue weighted by Gasteiger charge is 1.99. The molecular weight excluding hydrogens is 246 g/mol. The molecule has 0 aliphatic heterocycles. The van der Waals surface area contributed by atoms with Crippen molar-refractivity contribution in [3.8, 4) is 0 Å². The number of aromatic nitrogens is 2. The number of hydrogen-bond donors (Lipinski definition) is 0. The number of para-hydroxylation sites is 2. The zero-order valence-corrected chi connectivity index (χ0v) is 10.2. The van der Waals surface area contributed by atoms with Crippen molar-refractivity contribution in [3.05, 3.63) is 65.4 Å². The van der Waals surface area contributed by atoms with Gasteiger partial charge in [-0.3, -0.25) is 0 Å². The van der Waals surface area contributed by atoms with Crippen molar-refractivity contribution in [1.29, 1.82) is 0 Å². The van der Waals surface area contributed by atoms with Gasteiger partial charge in [0.15, 0.2) is 0 Å². The Kier molecular flexibility index (Phi) is 2.82. The predicted molar refractivity (Wildman–Crippen MR) is 74.2 cm³/mol. The minimum atomic E-state index is 0.686. The topological polar surface area (TPSA) is 30.2 Å². The van der Waals surface area contributed by atoms with Crippen LogP contribution in [0.25, 0.3) is 11.0 Å². The van der Waals surface area contributed by atoms with E-state index in [9.17, 15) is 0 Å². The molecule has 0 spiro atoms. The molecule has 0 saturated heterocycles. The molecule has 1 aromatic heterocycles. The average molecular weight is 256 g/mol. The fourth-order valence-corrected chi connectivity index (χ4v) is 1.93. The molecule has 0 N–H and O–H groups in total. The van der Waals surface area contributed by atoms with E-state index in [1.165, 1.54) is 0 Å². The molecule has 0 fully saturated rings. The summed E-state index contributed by atoms with van der Waals surface area (Å²) in [5, 5.41) is 5.06. The number of fused-ring (bicyclic) bond motifs is 1. The highest BCUT2D eigenvalue weighted by Crippen LogP contribution is 2.14. The van der Waals surface area contributed by atoms with Crippen molar-refractivity contribution >= 4 is 28.8 Å². The second-order valence-corrected chi connectivity index (χ2v) is 4.25. The third-order valence-electron chi connectivity index (χ3n) is 2.66. The van der Waals surface area contributed by atoms with Crippen molar-refractivity contribution in [2.24, 2.45) is 5.10 Å². The van der Waals surface area contributed by atoms with E-state index < -0.39 is 0 Å². The lowest BCUT2D eigenvalue weighted by Gasteiger charge is -1.97. The first-order valence-electron chi connectivity index (χ1n) is 5.55. The van der Waals surface area contributed by atoms with Crippen LogP contribution in [0.2, 0.25) is 5.02 Å². The van der Waals surface area contributed by atoms with Crippen molar-refractivity contribution in [1.82, 2.24) is 9.66 Å². The number of imidazole rings is 1. The first kappa shape index (κ1) is 11.0. The van der Waals surface area contributed by atoms with Crippen molar-refractivity contribution in [2.45, 2.75) is 0 Å². The Labute approximate surface area is 109 Å². The summed E-state index contributed by atoms with van der Waals surface area (Å²) in [6, 6.07) is 15.4. The van der Waals surface area contributed by atoms with Gasteiger partial charge in [0.05, 0.1) is 17.2 Å². The van der Waals surface area contributed by atoms with Gasteiger partial charge in [0.1, 0.15) is 6.33 Å². The summed E-state index contributed by atoms with van der Waals surface area (Å²) in [5.41, 5.74) is 2.78. The molecule has 3 aromatic rings. The van der Waals surface area contributed by atoms with Crippen LogP contribution in [0.4, 0.5) is 0 Å². The van der Waals surface area contributed by atoms with Gasteiger partial charge >= 0.3 is 0 Å². The fraction of sp³-hybridized carbons (Fsp3) is 0. The van der Waals surface area contributed by atoms with E-state index in [-0.39, 0.29) is 0 Å². The molecule has 2 aromatic carbocycles. The SMILES string of the molecule is Clc1ccccc1/C=N\n1cnc2ccccc21. The lowest BCUT2D eigenvalue weighted by Crippen LogP contribution is -1.89. The Hall–Kier alpha value is -2.13. The Morgan fingerprint density at radius 3 is 2.72 bits per heavy atom. The molecule has 18 heavy (non-hydrogen) atoms. The van der Waals surface area contributed by atoms with Crippen LogP contribution in [0.3, 0.4) is 0 Å². The lowest BCUT2D eigenvalue weighted by atomic mass is 10.2. The molecule has 3 rings (SSSR count). The summed E-state index contributed by atoms with van der Waals surface area (Å²) in [6.07, 6.45) is 3.43. The Bertz CT molecular complexity index is 716. The standard InChI is InChI=1S/C14H10ClN3/c15-12-6-2-1-5-11(12)9-17-18-10-16-13-7-3-4-8-14(13)18/h1-10H/b17-9-. The Morgan fingerprint density at radius 2 is 1.83 bits per heavy atom. The smallest absolute Gasteiger partial charge is 0.118 e. The number of benzene rings is 2.